The summed E-state index contributed by atoms with van der Waals surface area (Å²) in [6.45, 7) is 0. The molecule has 56 valence electrons. The summed E-state index contributed by atoms with van der Waals surface area (Å²) in [5, 5.41) is 14.5. The topological polar surface area (TPSA) is 53.8 Å². The summed E-state index contributed by atoms with van der Waals surface area (Å²) >= 11 is 5.58. The monoisotopic (exact) mass is 168 g/mol. The first-order valence-electron chi connectivity index (χ1n) is 2.96. The lowest BCUT2D eigenvalue weighted by Crippen LogP contribution is -1.85. The molecule has 2 aromatic heterocycles. The van der Waals surface area contributed by atoms with Crippen LogP contribution in [-0.2, 0) is 0 Å². The fourth-order valence-electron chi connectivity index (χ4n) is 0.891. The molecule has 0 bridgehead atoms. The number of halogens is 1. The zero-order chi connectivity index (χ0) is 7.84. The van der Waals surface area contributed by atoms with Crippen molar-refractivity contribution in [2.45, 2.75) is 0 Å². The first kappa shape index (κ1) is 6.42. The molecule has 0 aromatic carbocycles. The van der Waals surface area contributed by atoms with E-state index in [9.17, 15) is 5.21 Å². The number of rotatable bonds is 0. The van der Waals surface area contributed by atoms with E-state index in [1.54, 1.807) is 18.3 Å². The zero-order valence-electron chi connectivity index (χ0n) is 5.36. The molecule has 11 heavy (non-hydrogen) atoms. The van der Waals surface area contributed by atoms with E-state index in [0.29, 0.717) is 15.9 Å². The highest BCUT2D eigenvalue weighted by atomic mass is 35.5. The molecule has 2 aromatic rings. The maximum atomic E-state index is 10.9. The van der Waals surface area contributed by atoms with Gasteiger partial charge in [-0.3, -0.25) is 9.83 Å². The highest BCUT2D eigenvalue weighted by Crippen LogP contribution is 2.18. The highest BCUT2D eigenvalue weighted by Gasteiger charge is 2.02. The molecule has 0 aliphatic heterocycles. The lowest BCUT2D eigenvalue weighted by atomic mass is 10.4. The molecule has 0 aliphatic carbocycles. The Morgan fingerprint density at radius 2 is 2.36 bits per heavy atom. The van der Waals surface area contributed by atoms with Crippen LogP contribution in [0.4, 0.5) is 0 Å². The average Bonchev–Trinajstić information content (AvgIpc) is 2.30. The van der Waals surface area contributed by atoms with E-state index in [-0.39, 0.29) is 5.15 Å². The van der Waals surface area contributed by atoms with Gasteiger partial charge in [0.1, 0.15) is 5.52 Å². The molecule has 0 fully saturated rings. The number of pyridine rings is 1. The third-order valence-electron chi connectivity index (χ3n) is 1.37. The van der Waals surface area contributed by atoms with Gasteiger partial charge < -0.3 is 5.21 Å². The molecule has 5 heteroatoms. The molecule has 0 aliphatic rings. The van der Waals surface area contributed by atoms with Crippen LogP contribution in [0.1, 0.15) is 0 Å². The Labute approximate surface area is 67.0 Å². The molecule has 0 amide bonds. The first-order valence-corrected chi connectivity index (χ1v) is 3.33. The van der Waals surface area contributed by atoms with Crippen LogP contribution in [0.25, 0.3) is 11.0 Å². The van der Waals surface area contributed by atoms with Crippen LogP contribution in [0.3, 0.4) is 0 Å². The minimum Gasteiger partial charge on any atom is -0.790 e. The van der Waals surface area contributed by atoms with Crippen molar-refractivity contribution in [3.8, 4) is 0 Å². The molecule has 0 spiro atoms. The summed E-state index contributed by atoms with van der Waals surface area (Å²) in [4.78, 5) is 4.35. The zero-order valence-corrected chi connectivity index (χ0v) is 6.12. The first-order chi connectivity index (χ1) is 5.29. The van der Waals surface area contributed by atoms with E-state index in [0.717, 1.165) is 0 Å². The van der Waals surface area contributed by atoms with Gasteiger partial charge in [0, 0.05) is 6.20 Å². The van der Waals surface area contributed by atoms with Gasteiger partial charge in [-0.25, -0.2) is 0 Å². The fraction of sp³-hybridized carbons (Fsp3) is 0. The Morgan fingerprint density at radius 1 is 1.55 bits per heavy atom. The Kier molecular flexibility index (Phi) is 1.22. The summed E-state index contributed by atoms with van der Waals surface area (Å²) < 4.78 is 0. The number of hydrogen-bond donors (Lipinski definition) is 0. The van der Waals surface area contributed by atoms with Crippen LogP contribution in [0, 0.1) is 5.21 Å². The van der Waals surface area contributed by atoms with Crippen molar-refractivity contribution in [1.29, 1.82) is 0 Å². The fourth-order valence-corrected chi connectivity index (χ4v) is 1.11. The molecule has 0 unspecified atom stereocenters. The Bertz CT molecular complexity index is 362. The molecule has 0 saturated carbocycles. The third kappa shape index (κ3) is 0.832. The van der Waals surface area contributed by atoms with Crippen molar-refractivity contribution >= 4 is 22.6 Å². The van der Waals surface area contributed by atoms with Crippen LogP contribution < -0.4 is 0 Å². The van der Waals surface area contributed by atoms with Gasteiger partial charge >= 0.3 is 0 Å². The van der Waals surface area contributed by atoms with Gasteiger partial charge in [-0.2, -0.15) is 5.10 Å². The van der Waals surface area contributed by atoms with E-state index in [4.69, 9.17) is 11.6 Å². The summed E-state index contributed by atoms with van der Waals surface area (Å²) in [6, 6.07) is 3.28. The maximum Gasteiger partial charge on any atom is 0.176 e. The number of nitrogens with zero attached hydrogens (tertiary/aromatic N) is 3. The number of hydrogen-bond acceptors (Lipinski definition) is 3. The standard InChI is InChI=1S/C6H3ClN3O/c7-6-5-4(10(11)9-6)2-1-3-8-5/h1-3H/q-1. The van der Waals surface area contributed by atoms with Gasteiger partial charge in [0.05, 0.1) is 5.52 Å². The van der Waals surface area contributed by atoms with E-state index < -0.39 is 0 Å². The molecule has 2 rings (SSSR count). The second-order valence-electron chi connectivity index (χ2n) is 2.03. The Hall–Kier alpha value is -1.29. The van der Waals surface area contributed by atoms with E-state index in [2.05, 4.69) is 10.1 Å². The quantitative estimate of drug-likeness (QED) is 0.598. The predicted octanol–water partition coefficient (Wildman–Crippen LogP) is 1.43. The lowest BCUT2D eigenvalue weighted by Gasteiger charge is -2.02. The third-order valence-corrected chi connectivity index (χ3v) is 1.62. The minimum atomic E-state index is 0.149. The second-order valence-corrected chi connectivity index (χ2v) is 2.39. The Balaban J connectivity index is 2.95. The van der Waals surface area contributed by atoms with Gasteiger partial charge in [0.25, 0.3) is 0 Å². The summed E-state index contributed by atoms with van der Waals surface area (Å²) in [5.41, 5.74) is 0.849. The molecule has 2 heterocycles. The van der Waals surface area contributed by atoms with Crippen molar-refractivity contribution in [1.82, 2.24) is 14.9 Å². The van der Waals surface area contributed by atoms with Gasteiger partial charge in [0.2, 0.25) is 0 Å². The second kappa shape index (κ2) is 2.10. The molecular weight excluding hydrogens is 166 g/mol. The van der Waals surface area contributed by atoms with Crippen molar-refractivity contribution in [3.05, 3.63) is 28.7 Å². The van der Waals surface area contributed by atoms with Crippen LogP contribution in [0.15, 0.2) is 18.3 Å². The van der Waals surface area contributed by atoms with Crippen LogP contribution in [0.2, 0.25) is 5.15 Å². The van der Waals surface area contributed by atoms with E-state index >= 15 is 0 Å². The lowest BCUT2D eigenvalue weighted by molar-refractivity contribution is 0.920. The number of aromatic nitrogens is 3. The molecule has 0 atom stereocenters. The summed E-state index contributed by atoms with van der Waals surface area (Å²) in [5.74, 6) is 0. The summed E-state index contributed by atoms with van der Waals surface area (Å²) in [6.07, 6.45) is 1.57. The summed E-state index contributed by atoms with van der Waals surface area (Å²) in [7, 11) is 0. The van der Waals surface area contributed by atoms with Crippen LogP contribution >= 0.6 is 11.6 Å². The SMILES string of the molecule is [O-]n1nc(Cl)c2ncccc21. The van der Waals surface area contributed by atoms with Gasteiger partial charge in [-0.1, -0.05) is 11.6 Å². The van der Waals surface area contributed by atoms with Gasteiger partial charge in [-0.05, 0) is 12.1 Å². The van der Waals surface area contributed by atoms with Crippen molar-refractivity contribution in [3.63, 3.8) is 0 Å². The molecule has 0 N–H and O–H groups in total. The largest absolute Gasteiger partial charge is 0.790 e. The maximum absolute atomic E-state index is 10.9. The molecule has 4 nitrogen and oxygen atoms in total. The average molecular weight is 169 g/mol. The molecule has 0 saturated heterocycles. The van der Waals surface area contributed by atoms with Crippen molar-refractivity contribution < 1.29 is 0 Å². The molecular formula is C6H3ClN3O-. The highest BCUT2D eigenvalue weighted by molar-refractivity contribution is 6.33. The molecule has 0 radical (unpaired) electrons. The van der Waals surface area contributed by atoms with Gasteiger partial charge in [-0.15, -0.1) is 0 Å². The van der Waals surface area contributed by atoms with E-state index in [1.165, 1.54) is 0 Å². The van der Waals surface area contributed by atoms with E-state index in [1.807, 2.05) is 0 Å². The smallest absolute Gasteiger partial charge is 0.176 e. The normalized spacial score (nSPS) is 10.6. The number of fused-ring (bicyclic) bond motifs is 1. The van der Waals surface area contributed by atoms with Crippen LogP contribution in [-0.4, -0.2) is 14.9 Å². The van der Waals surface area contributed by atoms with Crippen molar-refractivity contribution in [2.24, 2.45) is 0 Å². The van der Waals surface area contributed by atoms with Crippen LogP contribution in [0.5, 0.6) is 0 Å². The minimum absolute atomic E-state index is 0.149. The van der Waals surface area contributed by atoms with Crippen molar-refractivity contribution in [2.75, 3.05) is 0 Å². The predicted molar refractivity (Wildman–Crippen MR) is 41.3 cm³/mol. The Morgan fingerprint density at radius 3 is 3.09 bits per heavy atom. The van der Waals surface area contributed by atoms with Gasteiger partial charge in [0.15, 0.2) is 5.15 Å².